The van der Waals surface area contributed by atoms with E-state index in [0.29, 0.717) is 5.95 Å². The van der Waals surface area contributed by atoms with E-state index in [0.717, 1.165) is 16.6 Å². The Hall–Kier alpha value is -2.76. The first-order valence-electron chi connectivity index (χ1n) is 5.81. The molecule has 0 spiro atoms. The van der Waals surface area contributed by atoms with Crippen LogP contribution >= 0.6 is 0 Å². The van der Waals surface area contributed by atoms with E-state index in [1.807, 2.05) is 36.4 Å². The van der Waals surface area contributed by atoms with Gasteiger partial charge in [-0.3, -0.25) is 15.1 Å². The third-order valence-corrected chi connectivity index (χ3v) is 2.67. The molecule has 0 atom stereocenters. The molecule has 0 aliphatic heterocycles. The summed E-state index contributed by atoms with van der Waals surface area (Å²) >= 11 is 0. The molecule has 19 heavy (non-hydrogen) atoms. The van der Waals surface area contributed by atoms with E-state index >= 15 is 0 Å². The number of rotatable bonds is 3. The van der Waals surface area contributed by atoms with Gasteiger partial charge in [-0.1, -0.05) is 24.3 Å². The number of carbonyl (C=O) groups is 1. The quantitative estimate of drug-likeness (QED) is 0.741. The molecule has 2 aromatic heterocycles. The Morgan fingerprint density at radius 2 is 2.11 bits per heavy atom. The molecular weight excluding hydrogens is 242 g/mol. The highest BCUT2D eigenvalue weighted by Gasteiger charge is 2.07. The number of H-pyrrole nitrogens is 1. The van der Waals surface area contributed by atoms with E-state index in [1.54, 1.807) is 0 Å². The molecular formula is C13H11N5O. The molecule has 1 amide bonds. The van der Waals surface area contributed by atoms with Gasteiger partial charge in [-0.25, -0.2) is 5.10 Å². The van der Waals surface area contributed by atoms with Gasteiger partial charge in [0.2, 0.25) is 11.9 Å². The molecule has 0 unspecified atom stereocenters. The van der Waals surface area contributed by atoms with E-state index in [2.05, 4.69) is 25.5 Å². The van der Waals surface area contributed by atoms with Crippen molar-refractivity contribution in [2.75, 3.05) is 5.32 Å². The Morgan fingerprint density at radius 1 is 1.21 bits per heavy atom. The molecule has 0 saturated carbocycles. The van der Waals surface area contributed by atoms with Crippen molar-refractivity contribution >= 4 is 22.8 Å². The molecule has 3 rings (SSSR count). The Bertz CT molecular complexity index is 708. The van der Waals surface area contributed by atoms with Crippen molar-refractivity contribution in [1.29, 1.82) is 0 Å². The number of benzene rings is 1. The maximum Gasteiger partial charge on any atom is 0.232 e. The van der Waals surface area contributed by atoms with Gasteiger partial charge in [0, 0.05) is 5.39 Å². The lowest BCUT2D eigenvalue weighted by molar-refractivity contribution is -0.115. The summed E-state index contributed by atoms with van der Waals surface area (Å²) in [5, 5.41) is 9.89. The molecule has 6 nitrogen and oxygen atoms in total. The first-order valence-corrected chi connectivity index (χ1v) is 5.81. The first kappa shape index (κ1) is 11.3. The topological polar surface area (TPSA) is 83.6 Å². The van der Waals surface area contributed by atoms with E-state index in [9.17, 15) is 4.79 Å². The molecule has 0 radical (unpaired) electrons. The summed E-state index contributed by atoms with van der Waals surface area (Å²) in [6.45, 7) is 0. The van der Waals surface area contributed by atoms with Crippen molar-refractivity contribution in [3.8, 4) is 0 Å². The molecule has 0 aliphatic carbocycles. The van der Waals surface area contributed by atoms with Gasteiger partial charge < -0.3 is 0 Å². The van der Waals surface area contributed by atoms with Crippen LogP contribution in [0, 0.1) is 0 Å². The molecule has 3 aromatic rings. The zero-order valence-corrected chi connectivity index (χ0v) is 10.00. The van der Waals surface area contributed by atoms with Crippen LogP contribution < -0.4 is 5.32 Å². The monoisotopic (exact) mass is 253 g/mol. The minimum atomic E-state index is -0.181. The molecule has 6 heteroatoms. The Kier molecular flexibility index (Phi) is 2.89. The van der Waals surface area contributed by atoms with E-state index < -0.39 is 0 Å². The molecule has 0 bridgehead atoms. The number of aromatic nitrogens is 4. The lowest BCUT2D eigenvalue weighted by Crippen LogP contribution is -2.16. The van der Waals surface area contributed by atoms with Crippen LogP contribution in [-0.4, -0.2) is 26.1 Å². The van der Waals surface area contributed by atoms with Gasteiger partial charge in [-0.2, -0.15) is 10.1 Å². The number of anilines is 1. The molecule has 2 N–H and O–H groups in total. The molecule has 1 aromatic carbocycles. The van der Waals surface area contributed by atoms with Crippen LogP contribution in [0.1, 0.15) is 5.69 Å². The number of nitrogens with one attached hydrogen (secondary N) is 2. The van der Waals surface area contributed by atoms with Crippen LogP contribution in [0.25, 0.3) is 10.9 Å². The number of carbonyl (C=O) groups excluding carboxylic acids is 1. The van der Waals surface area contributed by atoms with Crippen molar-refractivity contribution in [1.82, 2.24) is 20.2 Å². The van der Waals surface area contributed by atoms with Crippen LogP contribution in [0.4, 0.5) is 5.95 Å². The number of fused-ring (bicyclic) bond motifs is 1. The van der Waals surface area contributed by atoms with Crippen molar-refractivity contribution in [3.05, 3.63) is 48.4 Å². The number of para-hydroxylation sites is 1. The third kappa shape index (κ3) is 2.57. The fraction of sp³-hybridized carbons (Fsp3) is 0.0769. The summed E-state index contributed by atoms with van der Waals surface area (Å²) in [5.74, 6) is 0.158. The SMILES string of the molecule is O=C(Cc1ccc2ccccc2n1)Nc1ncn[nH]1. The fourth-order valence-electron chi connectivity index (χ4n) is 1.81. The predicted octanol–water partition coefficient (Wildman–Crippen LogP) is 1.53. The van der Waals surface area contributed by atoms with Gasteiger partial charge in [0.25, 0.3) is 0 Å². The Labute approximate surface area is 108 Å². The van der Waals surface area contributed by atoms with Crippen LogP contribution in [-0.2, 0) is 11.2 Å². The maximum atomic E-state index is 11.8. The second-order valence-corrected chi connectivity index (χ2v) is 4.05. The van der Waals surface area contributed by atoms with Gasteiger partial charge in [0.1, 0.15) is 6.33 Å². The summed E-state index contributed by atoms with van der Waals surface area (Å²) in [6, 6.07) is 11.6. The lowest BCUT2D eigenvalue weighted by Gasteiger charge is -2.03. The van der Waals surface area contributed by atoms with Crippen molar-refractivity contribution in [2.24, 2.45) is 0 Å². The number of hydrogen-bond donors (Lipinski definition) is 2. The molecule has 0 saturated heterocycles. The molecule has 2 heterocycles. The van der Waals surface area contributed by atoms with E-state index in [1.165, 1.54) is 6.33 Å². The van der Waals surface area contributed by atoms with Gasteiger partial charge in [0.15, 0.2) is 0 Å². The molecule has 94 valence electrons. The van der Waals surface area contributed by atoms with Crippen molar-refractivity contribution < 1.29 is 4.79 Å². The number of amides is 1. The number of nitrogens with zero attached hydrogens (tertiary/aromatic N) is 3. The minimum Gasteiger partial charge on any atom is -0.295 e. The van der Waals surface area contributed by atoms with Crippen molar-refractivity contribution in [2.45, 2.75) is 6.42 Å². The highest BCUT2D eigenvalue weighted by atomic mass is 16.1. The molecule has 0 aliphatic rings. The number of hydrogen-bond acceptors (Lipinski definition) is 4. The van der Waals surface area contributed by atoms with Gasteiger partial charge >= 0.3 is 0 Å². The van der Waals surface area contributed by atoms with Crippen LogP contribution in [0.15, 0.2) is 42.7 Å². The normalized spacial score (nSPS) is 10.5. The van der Waals surface area contributed by atoms with E-state index in [-0.39, 0.29) is 12.3 Å². The maximum absolute atomic E-state index is 11.8. The summed E-state index contributed by atoms with van der Waals surface area (Å²) in [7, 11) is 0. The highest BCUT2D eigenvalue weighted by molar-refractivity contribution is 5.90. The van der Waals surface area contributed by atoms with Gasteiger partial charge in [0.05, 0.1) is 17.6 Å². The third-order valence-electron chi connectivity index (χ3n) is 2.67. The van der Waals surface area contributed by atoms with Crippen LogP contribution in [0.2, 0.25) is 0 Å². The number of aromatic amines is 1. The first-order chi connectivity index (χ1) is 9.31. The lowest BCUT2D eigenvalue weighted by atomic mass is 10.2. The smallest absolute Gasteiger partial charge is 0.232 e. The summed E-state index contributed by atoms with van der Waals surface area (Å²) in [6.07, 6.45) is 1.54. The minimum absolute atomic E-state index is 0.181. The van der Waals surface area contributed by atoms with Gasteiger partial charge in [-0.15, -0.1) is 0 Å². The summed E-state index contributed by atoms with van der Waals surface area (Å²) in [4.78, 5) is 20.0. The highest BCUT2D eigenvalue weighted by Crippen LogP contribution is 2.12. The van der Waals surface area contributed by atoms with Crippen molar-refractivity contribution in [3.63, 3.8) is 0 Å². The zero-order valence-electron chi connectivity index (χ0n) is 10.00. The fourth-order valence-corrected chi connectivity index (χ4v) is 1.81. The Balaban J connectivity index is 1.75. The summed E-state index contributed by atoms with van der Waals surface area (Å²) < 4.78 is 0. The summed E-state index contributed by atoms with van der Waals surface area (Å²) in [5.41, 5.74) is 1.60. The number of pyridine rings is 1. The second-order valence-electron chi connectivity index (χ2n) is 4.05. The van der Waals surface area contributed by atoms with Crippen LogP contribution in [0.3, 0.4) is 0 Å². The Morgan fingerprint density at radius 3 is 2.95 bits per heavy atom. The van der Waals surface area contributed by atoms with E-state index in [4.69, 9.17) is 0 Å². The average molecular weight is 253 g/mol. The predicted molar refractivity (Wildman–Crippen MR) is 70.5 cm³/mol. The standard InChI is InChI=1S/C13H11N5O/c19-12(17-13-14-8-15-18-13)7-10-6-5-9-3-1-2-4-11(9)16-10/h1-6,8H,7H2,(H2,14,15,17,18,19). The van der Waals surface area contributed by atoms with Gasteiger partial charge in [-0.05, 0) is 12.1 Å². The zero-order chi connectivity index (χ0) is 13.1. The molecule has 0 fully saturated rings. The van der Waals surface area contributed by atoms with Crippen LogP contribution in [0.5, 0.6) is 0 Å². The average Bonchev–Trinajstić information content (AvgIpc) is 2.91. The largest absolute Gasteiger partial charge is 0.295 e. The second kappa shape index (κ2) is 4.85.